The van der Waals surface area contributed by atoms with Crippen molar-refractivity contribution >= 4 is 115 Å². The molecule has 0 saturated carbocycles. The minimum atomic E-state index is 0.852. The Morgan fingerprint density at radius 1 is 0.290 bits per heavy atom. The first-order chi connectivity index (χ1) is 34.2. The topological polar surface area (TPSA) is 22.9 Å². The summed E-state index contributed by atoms with van der Waals surface area (Å²) in [5.41, 5.74) is 13.6. The molecule has 0 saturated heterocycles. The summed E-state index contributed by atoms with van der Waals surface area (Å²) in [7, 11) is 0. The lowest BCUT2D eigenvalue weighted by molar-refractivity contribution is 0.669. The van der Waals surface area contributed by atoms with E-state index in [0.717, 1.165) is 78.7 Å². The number of fused-ring (bicyclic) bond motifs is 8. The first kappa shape index (κ1) is 40.4. The zero-order valence-corrected chi connectivity index (χ0v) is 38.3. The number of anilines is 9. The maximum atomic E-state index is 6.90. The van der Waals surface area contributed by atoms with Crippen molar-refractivity contribution in [3.63, 3.8) is 0 Å². The second-order valence-electron chi connectivity index (χ2n) is 17.3. The summed E-state index contributed by atoms with van der Waals surface area (Å²) in [5.74, 6) is 0. The van der Waals surface area contributed by atoms with E-state index in [9.17, 15) is 0 Å². The number of furan rings is 1. The van der Waals surface area contributed by atoms with Gasteiger partial charge in [-0.2, -0.15) is 0 Å². The second kappa shape index (κ2) is 17.1. The first-order valence-corrected chi connectivity index (χ1v) is 24.1. The van der Waals surface area contributed by atoms with Crippen molar-refractivity contribution in [2.24, 2.45) is 0 Å². The number of para-hydroxylation sites is 5. The molecular weight excluding hydrogens is 859 g/mol. The lowest BCUT2D eigenvalue weighted by Gasteiger charge is -2.30. The summed E-state index contributed by atoms with van der Waals surface area (Å²) in [4.78, 5) is 7.17. The highest BCUT2D eigenvalue weighted by Gasteiger charge is 2.25. The monoisotopic (exact) mass is 901 g/mol. The maximum absolute atomic E-state index is 6.90. The summed E-state index contributed by atoms with van der Waals surface area (Å²) < 4.78 is 9.28. The lowest BCUT2D eigenvalue weighted by atomic mass is 10.0. The fourth-order valence-corrected chi connectivity index (χ4v) is 11.2. The van der Waals surface area contributed by atoms with E-state index in [4.69, 9.17) is 4.42 Å². The number of thiophene rings is 1. The molecule has 0 bridgehead atoms. The van der Waals surface area contributed by atoms with Gasteiger partial charge in [0.1, 0.15) is 5.58 Å². The molecule has 0 atom stereocenters. The molecule has 2 aromatic heterocycles. The smallest absolute Gasteiger partial charge is 0.159 e. The van der Waals surface area contributed by atoms with E-state index >= 15 is 0 Å². The first-order valence-electron chi connectivity index (χ1n) is 23.3. The van der Waals surface area contributed by atoms with Gasteiger partial charge in [-0.15, -0.1) is 11.3 Å². The normalized spacial score (nSPS) is 11.5. The zero-order chi connectivity index (χ0) is 45.7. The molecule has 2 heterocycles. The molecule has 13 rings (SSSR count). The largest absolute Gasteiger partial charge is 0.454 e. The number of rotatable bonds is 10. The lowest BCUT2D eigenvalue weighted by Crippen LogP contribution is -2.13. The van der Waals surface area contributed by atoms with Gasteiger partial charge < -0.3 is 19.1 Å². The number of hydrogen-bond donors (Lipinski definition) is 0. The van der Waals surface area contributed by atoms with E-state index in [1.54, 1.807) is 0 Å². The highest BCUT2D eigenvalue weighted by Crippen LogP contribution is 2.51. The summed E-state index contributed by atoms with van der Waals surface area (Å²) in [6.07, 6.45) is 0. The van der Waals surface area contributed by atoms with Gasteiger partial charge in [-0.05, 0) is 125 Å². The summed E-state index contributed by atoms with van der Waals surface area (Å²) >= 11 is 1.83. The van der Waals surface area contributed by atoms with Gasteiger partial charge in [0, 0.05) is 70.8 Å². The van der Waals surface area contributed by atoms with Gasteiger partial charge in [0.15, 0.2) is 5.58 Å². The Morgan fingerprint density at radius 3 is 1.51 bits per heavy atom. The van der Waals surface area contributed by atoms with Crippen LogP contribution in [-0.2, 0) is 0 Å². The molecule has 11 aromatic carbocycles. The summed E-state index contributed by atoms with van der Waals surface area (Å²) in [6.45, 7) is 0. The van der Waals surface area contributed by atoms with Gasteiger partial charge in [0.25, 0.3) is 0 Å². The van der Waals surface area contributed by atoms with Crippen LogP contribution in [0.15, 0.2) is 265 Å². The fourth-order valence-electron chi connectivity index (χ4n) is 10.1. The molecule has 0 aliphatic rings. The van der Waals surface area contributed by atoms with Crippen LogP contribution in [0, 0.1) is 0 Å². The van der Waals surface area contributed by atoms with Crippen LogP contribution < -0.4 is 14.7 Å². The minimum Gasteiger partial charge on any atom is -0.454 e. The fraction of sp³-hybridized carbons (Fsp3) is 0. The second-order valence-corrected chi connectivity index (χ2v) is 18.4. The Bertz CT molecular complexity index is 3930. The Kier molecular flexibility index (Phi) is 9.99. The van der Waals surface area contributed by atoms with Crippen LogP contribution in [-0.4, -0.2) is 0 Å². The van der Waals surface area contributed by atoms with Crippen LogP contribution in [0.5, 0.6) is 0 Å². The number of nitrogens with zero attached hydrogens (tertiary/aromatic N) is 3. The molecule has 0 amide bonds. The van der Waals surface area contributed by atoms with E-state index in [1.807, 2.05) is 11.3 Å². The van der Waals surface area contributed by atoms with Crippen molar-refractivity contribution in [1.29, 1.82) is 0 Å². The summed E-state index contributed by atoms with van der Waals surface area (Å²) in [6, 6.07) is 93.5. The van der Waals surface area contributed by atoms with Crippen LogP contribution in [0.3, 0.4) is 0 Å². The number of benzene rings is 11. The third-order valence-electron chi connectivity index (χ3n) is 13.2. The molecule has 13 aromatic rings. The van der Waals surface area contributed by atoms with E-state index in [0.29, 0.717) is 0 Å². The third kappa shape index (κ3) is 7.16. The molecule has 69 heavy (non-hydrogen) atoms. The van der Waals surface area contributed by atoms with Crippen molar-refractivity contribution in [2.75, 3.05) is 14.7 Å². The van der Waals surface area contributed by atoms with Gasteiger partial charge in [0.05, 0.1) is 11.4 Å². The Labute approximate surface area is 404 Å². The molecular formula is C64H43N3OS. The Balaban J connectivity index is 1.07. The van der Waals surface area contributed by atoms with Gasteiger partial charge in [-0.25, -0.2) is 0 Å². The molecule has 0 spiro atoms. The Morgan fingerprint density at radius 2 is 0.826 bits per heavy atom. The molecule has 4 nitrogen and oxygen atoms in total. The predicted molar refractivity (Wildman–Crippen MR) is 294 cm³/mol. The van der Waals surface area contributed by atoms with Gasteiger partial charge >= 0.3 is 0 Å². The van der Waals surface area contributed by atoms with Crippen LogP contribution in [0.25, 0.3) is 64.0 Å². The van der Waals surface area contributed by atoms with E-state index in [1.165, 1.54) is 36.5 Å². The molecule has 326 valence electrons. The molecule has 0 fully saturated rings. The standard InChI is InChI=1S/C64H43N3OS/c1-6-20-44(21-7-1)46-23-18-32-51(40-46)65(47-24-8-2-9-25-47)53-42-58(66(48-26-10-3-11-27-48)49-28-12-4-13-29-49)63-56-41-52(37-39-60(56)69-61(63)43-53)67(50-30-14-5-15-31-50)57-35-19-34-55-62-54-33-17-16-22-45(54)36-38-59(62)68-64(55)57/h1-43H. The minimum absolute atomic E-state index is 0.852. The summed E-state index contributed by atoms with van der Waals surface area (Å²) in [5, 5.41) is 6.96. The van der Waals surface area contributed by atoms with Crippen LogP contribution in [0.1, 0.15) is 0 Å². The van der Waals surface area contributed by atoms with E-state index in [-0.39, 0.29) is 0 Å². The van der Waals surface area contributed by atoms with Crippen LogP contribution in [0.4, 0.5) is 51.2 Å². The quantitative estimate of drug-likeness (QED) is 0.136. The number of hydrogen-bond acceptors (Lipinski definition) is 5. The van der Waals surface area contributed by atoms with Crippen molar-refractivity contribution in [1.82, 2.24) is 0 Å². The highest BCUT2D eigenvalue weighted by atomic mass is 32.1. The van der Waals surface area contributed by atoms with Crippen molar-refractivity contribution < 1.29 is 4.42 Å². The van der Waals surface area contributed by atoms with Crippen LogP contribution in [0.2, 0.25) is 0 Å². The molecule has 0 aliphatic carbocycles. The maximum Gasteiger partial charge on any atom is 0.159 e. The van der Waals surface area contributed by atoms with Crippen molar-refractivity contribution in [3.05, 3.63) is 261 Å². The van der Waals surface area contributed by atoms with Crippen molar-refractivity contribution in [3.8, 4) is 11.1 Å². The van der Waals surface area contributed by atoms with Crippen LogP contribution >= 0.6 is 11.3 Å². The van der Waals surface area contributed by atoms with E-state index in [2.05, 4.69) is 276 Å². The van der Waals surface area contributed by atoms with Gasteiger partial charge in [0.2, 0.25) is 0 Å². The van der Waals surface area contributed by atoms with Gasteiger partial charge in [-0.1, -0.05) is 158 Å². The highest BCUT2D eigenvalue weighted by molar-refractivity contribution is 7.26. The third-order valence-corrected chi connectivity index (χ3v) is 14.3. The zero-order valence-electron chi connectivity index (χ0n) is 37.5. The van der Waals surface area contributed by atoms with Gasteiger partial charge in [-0.3, -0.25) is 0 Å². The van der Waals surface area contributed by atoms with Crippen molar-refractivity contribution in [2.45, 2.75) is 0 Å². The average molecular weight is 902 g/mol. The molecule has 0 N–H and O–H groups in total. The molecule has 0 unspecified atom stereocenters. The molecule has 5 heteroatoms. The SMILES string of the molecule is c1ccc(-c2cccc(N(c3ccccc3)c3cc(N(c4ccccc4)c4ccccc4)c4c(c3)sc3ccc(N(c5ccccc5)c5cccc6c5oc5ccc7ccccc7c56)cc34)c2)cc1. The molecule has 0 aliphatic heterocycles. The molecule has 0 radical (unpaired) electrons. The average Bonchev–Trinajstić information content (AvgIpc) is 4.00. The Hall–Kier alpha value is -8.90. The predicted octanol–water partition coefficient (Wildman–Crippen LogP) is 19.2. The van der Waals surface area contributed by atoms with E-state index < -0.39 is 0 Å².